The van der Waals surface area contributed by atoms with E-state index in [1.807, 2.05) is 6.07 Å². The van der Waals surface area contributed by atoms with Gasteiger partial charge in [-0.1, -0.05) is 17.7 Å². The maximum absolute atomic E-state index is 11.9. The number of carbonyl (C=O) groups is 1. The minimum Gasteiger partial charge on any atom is -0.396 e. The molecule has 0 unspecified atom stereocenters. The molecule has 2 rings (SSSR count). The fraction of sp³-hybridized carbons (Fsp3) is 0.538. The monoisotopic (exact) mass is 283 g/mol. The van der Waals surface area contributed by atoms with Crippen LogP contribution in [0, 0.1) is 5.92 Å². The highest BCUT2D eigenvalue weighted by atomic mass is 35.5. The van der Waals surface area contributed by atoms with Gasteiger partial charge in [-0.25, -0.2) is 9.78 Å². The number of rotatable bonds is 3. The summed E-state index contributed by atoms with van der Waals surface area (Å²) in [4.78, 5) is 17.7. The van der Waals surface area contributed by atoms with Crippen molar-refractivity contribution in [2.75, 3.05) is 19.7 Å². The average Bonchev–Trinajstić information content (AvgIpc) is 2.46. The van der Waals surface area contributed by atoms with E-state index < -0.39 is 0 Å². The maximum Gasteiger partial charge on any atom is 0.317 e. The summed E-state index contributed by atoms with van der Waals surface area (Å²) in [5, 5.41) is 12.4. The normalized spacial score (nSPS) is 16.4. The Morgan fingerprint density at radius 3 is 2.79 bits per heavy atom. The van der Waals surface area contributed by atoms with Gasteiger partial charge in [-0.3, -0.25) is 0 Å². The van der Waals surface area contributed by atoms with Gasteiger partial charge in [0.1, 0.15) is 5.15 Å². The van der Waals surface area contributed by atoms with Crippen LogP contribution in [0.5, 0.6) is 0 Å². The molecule has 104 valence electrons. The summed E-state index contributed by atoms with van der Waals surface area (Å²) < 4.78 is 0. The minimum absolute atomic E-state index is 0.0636. The molecular weight excluding hydrogens is 266 g/mol. The molecule has 0 radical (unpaired) electrons. The van der Waals surface area contributed by atoms with E-state index in [1.165, 1.54) is 0 Å². The third-order valence-electron chi connectivity index (χ3n) is 3.39. The van der Waals surface area contributed by atoms with Gasteiger partial charge in [0.25, 0.3) is 0 Å². The number of piperidine rings is 1. The third-order valence-corrected chi connectivity index (χ3v) is 3.62. The number of nitrogens with zero attached hydrogens (tertiary/aromatic N) is 2. The number of halogens is 1. The number of aliphatic hydroxyl groups is 1. The van der Waals surface area contributed by atoms with E-state index in [0.29, 0.717) is 30.7 Å². The smallest absolute Gasteiger partial charge is 0.317 e. The summed E-state index contributed by atoms with van der Waals surface area (Å²) in [6, 6.07) is 3.48. The van der Waals surface area contributed by atoms with Crippen molar-refractivity contribution < 1.29 is 9.90 Å². The van der Waals surface area contributed by atoms with Crippen LogP contribution in [0.25, 0.3) is 0 Å². The molecule has 1 fully saturated rings. The van der Waals surface area contributed by atoms with Crippen molar-refractivity contribution in [1.82, 2.24) is 15.2 Å². The molecule has 0 bridgehead atoms. The SMILES string of the molecule is O=C(NCc1ccc(Cl)nc1)N1CCC(CO)CC1. The molecule has 6 heteroatoms. The summed E-state index contributed by atoms with van der Waals surface area (Å²) in [7, 11) is 0. The van der Waals surface area contributed by atoms with E-state index in [1.54, 1.807) is 17.2 Å². The molecule has 19 heavy (non-hydrogen) atoms. The fourth-order valence-corrected chi connectivity index (χ4v) is 2.23. The van der Waals surface area contributed by atoms with Gasteiger partial charge in [0.15, 0.2) is 0 Å². The summed E-state index contributed by atoms with van der Waals surface area (Å²) in [5.41, 5.74) is 0.919. The Hall–Kier alpha value is -1.33. The maximum atomic E-state index is 11.9. The number of pyridine rings is 1. The minimum atomic E-state index is -0.0636. The van der Waals surface area contributed by atoms with Gasteiger partial charge in [-0.2, -0.15) is 0 Å². The number of amides is 2. The van der Waals surface area contributed by atoms with E-state index in [9.17, 15) is 4.79 Å². The highest BCUT2D eigenvalue weighted by molar-refractivity contribution is 6.29. The largest absolute Gasteiger partial charge is 0.396 e. The highest BCUT2D eigenvalue weighted by Gasteiger charge is 2.21. The van der Waals surface area contributed by atoms with Gasteiger partial charge in [-0.05, 0) is 30.4 Å². The zero-order valence-electron chi connectivity index (χ0n) is 10.7. The number of likely N-dealkylation sites (tertiary alicyclic amines) is 1. The van der Waals surface area contributed by atoms with E-state index in [-0.39, 0.29) is 12.6 Å². The molecule has 2 amide bonds. The Labute approximate surface area is 117 Å². The van der Waals surface area contributed by atoms with Crippen molar-refractivity contribution in [3.8, 4) is 0 Å². The predicted octanol–water partition coefficient (Wildman–Crippen LogP) is 1.65. The first-order valence-corrected chi connectivity index (χ1v) is 6.81. The second-order valence-corrected chi connectivity index (χ2v) is 5.15. The van der Waals surface area contributed by atoms with Gasteiger partial charge >= 0.3 is 6.03 Å². The van der Waals surface area contributed by atoms with Gasteiger partial charge in [0, 0.05) is 32.4 Å². The van der Waals surface area contributed by atoms with Crippen LogP contribution in [0.2, 0.25) is 5.15 Å². The number of urea groups is 1. The lowest BCUT2D eigenvalue weighted by Gasteiger charge is -2.31. The number of aromatic nitrogens is 1. The highest BCUT2D eigenvalue weighted by Crippen LogP contribution is 2.16. The first kappa shape index (κ1) is 14.1. The summed E-state index contributed by atoms with van der Waals surface area (Å²) in [6.45, 7) is 2.07. The van der Waals surface area contributed by atoms with E-state index in [0.717, 1.165) is 18.4 Å². The van der Waals surface area contributed by atoms with Crippen molar-refractivity contribution in [1.29, 1.82) is 0 Å². The lowest BCUT2D eigenvalue weighted by molar-refractivity contribution is 0.137. The van der Waals surface area contributed by atoms with Crippen LogP contribution in [0.3, 0.4) is 0 Å². The Kier molecular flexibility index (Phi) is 4.99. The number of aliphatic hydroxyl groups excluding tert-OH is 1. The zero-order valence-corrected chi connectivity index (χ0v) is 11.4. The average molecular weight is 284 g/mol. The van der Waals surface area contributed by atoms with E-state index >= 15 is 0 Å². The van der Waals surface area contributed by atoms with E-state index in [4.69, 9.17) is 16.7 Å². The predicted molar refractivity (Wildman–Crippen MR) is 72.9 cm³/mol. The van der Waals surface area contributed by atoms with Gasteiger partial charge in [0.2, 0.25) is 0 Å². The molecule has 1 aromatic heterocycles. The first-order valence-electron chi connectivity index (χ1n) is 6.43. The molecule has 2 heterocycles. The molecule has 0 spiro atoms. The van der Waals surface area contributed by atoms with Gasteiger partial charge < -0.3 is 15.3 Å². The summed E-state index contributed by atoms with van der Waals surface area (Å²) in [6.07, 6.45) is 3.39. The quantitative estimate of drug-likeness (QED) is 0.829. The second kappa shape index (κ2) is 6.73. The second-order valence-electron chi connectivity index (χ2n) is 4.76. The van der Waals surface area contributed by atoms with Crippen LogP contribution < -0.4 is 5.32 Å². The molecule has 0 aromatic carbocycles. The van der Waals surface area contributed by atoms with Crippen LogP contribution in [0.15, 0.2) is 18.3 Å². The van der Waals surface area contributed by atoms with Crippen LogP contribution >= 0.6 is 11.6 Å². The van der Waals surface area contributed by atoms with Crippen molar-refractivity contribution in [2.24, 2.45) is 5.92 Å². The number of carbonyl (C=O) groups excluding carboxylic acids is 1. The van der Waals surface area contributed by atoms with Crippen molar-refractivity contribution in [2.45, 2.75) is 19.4 Å². The van der Waals surface area contributed by atoms with Gasteiger partial charge in [-0.15, -0.1) is 0 Å². The molecular formula is C13H18ClN3O2. The van der Waals surface area contributed by atoms with Gasteiger partial charge in [0.05, 0.1) is 0 Å². The molecule has 0 saturated carbocycles. The van der Waals surface area contributed by atoms with Crippen LogP contribution in [0.1, 0.15) is 18.4 Å². The molecule has 0 atom stereocenters. The Morgan fingerprint density at radius 2 is 2.21 bits per heavy atom. The summed E-state index contributed by atoms with van der Waals surface area (Å²) >= 11 is 5.70. The van der Waals surface area contributed by atoms with Crippen LogP contribution in [-0.4, -0.2) is 40.7 Å². The fourth-order valence-electron chi connectivity index (χ4n) is 2.12. The standard InChI is InChI=1S/C13H18ClN3O2/c14-12-2-1-11(7-15-12)8-16-13(19)17-5-3-10(9-18)4-6-17/h1-2,7,10,18H,3-6,8-9H2,(H,16,19). The molecule has 0 aliphatic carbocycles. The number of hydrogen-bond acceptors (Lipinski definition) is 3. The molecule has 1 aromatic rings. The van der Waals surface area contributed by atoms with Crippen molar-refractivity contribution >= 4 is 17.6 Å². The topological polar surface area (TPSA) is 65.5 Å². The Morgan fingerprint density at radius 1 is 1.47 bits per heavy atom. The van der Waals surface area contributed by atoms with E-state index in [2.05, 4.69) is 10.3 Å². The number of nitrogens with one attached hydrogen (secondary N) is 1. The van der Waals surface area contributed by atoms with Crippen molar-refractivity contribution in [3.63, 3.8) is 0 Å². The molecule has 5 nitrogen and oxygen atoms in total. The zero-order chi connectivity index (χ0) is 13.7. The summed E-state index contributed by atoms with van der Waals surface area (Å²) in [5.74, 6) is 0.338. The number of hydrogen-bond donors (Lipinski definition) is 2. The molecule has 1 aliphatic rings. The Bertz CT molecular complexity index is 416. The third kappa shape index (κ3) is 4.08. The molecule has 1 aliphatic heterocycles. The van der Waals surface area contributed by atoms with Crippen LogP contribution in [0.4, 0.5) is 4.79 Å². The molecule has 2 N–H and O–H groups in total. The Balaban J connectivity index is 1.77. The lowest BCUT2D eigenvalue weighted by Crippen LogP contribution is -2.44. The van der Waals surface area contributed by atoms with Crippen LogP contribution in [-0.2, 0) is 6.54 Å². The van der Waals surface area contributed by atoms with Crippen molar-refractivity contribution in [3.05, 3.63) is 29.0 Å². The molecule has 1 saturated heterocycles. The first-order chi connectivity index (χ1) is 9.19. The lowest BCUT2D eigenvalue weighted by atomic mass is 9.98.